The molecule has 1 aromatic carbocycles. The molecule has 3 nitrogen and oxygen atoms in total. The number of aliphatic hydroxyl groups excluding tert-OH is 1. The van der Waals surface area contributed by atoms with Crippen LogP contribution in [0.1, 0.15) is 11.1 Å². The number of rotatable bonds is 3. The maximum atomic E-state index is 13.4. The number of nitrogens with zero attached hydrogens (tertiary/aromatic N) is 1. The summed E-state index contributed by atoms with van der Waals surface area (Å²) in [4.78, 5) is 4.04. The number of halogens is 1. The van der Waals surface area contributed by atoms with Crippen LogP contribution in [0.15, 0.2) is 36.5 Å². The number of para-hydroxylation sites is 1. The molecule has 1 heterocycles. The van der Waals surface area contributed by atoms with E-state index in [2.05, 4.69) is 4.98 Å². The average molecular weight is 233 g/mol. The van der Waals surface area contributed by atoms with Gasteiger partial charge in [0.15, 0.2) is 11.6 Å². The van der Waals surface area contributed by atoms with E-state index in [4.69, 9.17) is 9.84 Å². The lowest BCUT2D eigenvalue weighted by molar-refractivity contribution is 0.281. The molecule has 0 fully saturated rings. The van der Waals surface area contributed by atoms with Crippen molar-refractivity contribution in [3.8, 4) is 11.6 Å². The summed E-state index contributed by atoms with van der Waals surface area (Å²) in [7, 11) is 0. The van der Waals surface area contributed by atoms with Crippen molar-refractivity contribution < 1.29 is 14.2 Å². The van der Waals surface area contributed by atoms with Crippen molar-refractivity contribution in [2.75, 3.05) is 0 Å². The van der Waals surface area contributed by atoms with Crippen molar-refractivity contribution in [1.82, 2.24) is 4.98 Å². The van der Waals surface area contributed by atoms with Crippen LogP contribution in [0, 0.1) is 12.7 Å². The van der Waals surface area contributed by atoms with Gasteiger partial charge in [0.05, 0.1) is 6.61 Å². The minimum absolute atomic E-state index is 0.0756. The second-order valence-corrected chi connectivity index (χ2v) is 3.66. The predicted molar refractivity (Wildman–Crippen MR) is 61.4 cm³/mol. The van der Waals surface area contributed by atoms with E-state index in [1.54, 1.807) is 25.1 Å². The average Bonchev–Trinajstić information content (AvgIpc) is 2.34. The number of aliphatic hydroxyl groups is 1. The Morgan fingerprint density at radius 2 is 2.12 bits per heavy atom. The molecule has 2 aromatic rings. The third-order valence-electron chi connectivity index (χ3n) is 2.31. The Bertz CT molecular complexity index is 529. The number of hydrogen-bond donors (Lipinski definition) is 1. The first-order chi connectivity index (χ1) is 8.20. The number of aromatic nitrogens is 1. The summed E-state index contributed by atoms with van der Waals surface area (Å²) >= 11 is 0. The van der Waals surface area contributed by atoms with E-state index in [1.807, 2.05) is 0 Å². The molecule has 0 saturated carbocycles. The third kappa shape index (κ3) is 2.60. The van der Waals surface area contributed by atoms with E-state index < -0.39 is 5.82 Å². The molecule has 0 saturated heterocycles. The highest BCUT2D eigenvalue weighted by Crippen LogP contribution is 2.25. The van der Waals surface area contributed by atoms with E-state index >= 15 is 0 Å². The Kier molecular flexibility index (Phi) is 3.35. The molecular formula is C13H12FNO2. The van der Waals surface area contributed by atoms with Crippen LogP contribution in [-0.4, -0.2) is 10.1 Å². The first kappa shape index (κ1) is 11.5. The quantitative estimate of drug-likeness (QED) is 0.886. The van der Waals surface area contributed by atoms with Crippen molar-refractivity contribution in [2.45, 2.75) is 13.5 Å². The molecule has 0 aliphatic carbocycles. The van der Waals surface area contributed by atoms with Crippen molar-refractivity contribution in [3.05, 3.63) is 53.5 Å². The Balaban J connectivity index is 2.28. The van der Waals surface area contributed by atoms with E-state index in [0.29, 0.717) is 11.4 Å². The van der Waals surface area contributed by atoms with Crippen LogP contribution in [0.5, 0.6) is 11.6 Å². The van der Waals surface area contributed by atoms with Crippen molar-refractivity contribution in [1.29, 1.82) is 0 Å². The first-order valence-electron chi connectivity index (χ1n) is 5.19. The first-order valence-corrected chi connectivity index (χ1v) is 5.19. The molecule has 0 aliphatic rings. The van der Waals surface area contributed by atoms with E-state index in [0.717, 1.165) is 5.56 Å². The molecule has 0 radical (unpaired) electrons. The van der Waals surface area contributed by atoms with Gasteiger partial charge in [-0.1, -0.05) is 12.1 Å². The summed E-state index contributed by atoms with van der Waals surface area (Å²) in [5.41, 5.74) is 1.45. The second-order valence-electron chi connectivity index (χ2n) is 3.66. The maximum Gasteiger partial charge on any atom is 0.222 e. The highest BCUT2D eigenvalue weighted by atomic mass is 19.1. The molecule has 0 bridgehead atoms. The molecule has 0 aliphatic heterocycles. The molecular weight excluding hydrogens is 221 g/mol. The summed E-state index contributed by atoms with van der Waals surface area (Å²) in [5.74, 6) is 0.0482. The highest BCUT2D eigenvalue weighted by Gasteiger charge is 2.07. The fraction of sp³-hybridized carbons (Fsp3) is 0.154. The van der Waals surface area contributed by atoms with Gasteiger partial charge in [-0.2, -0.15) is 0 Å². The Morgan fingerprint density at radius 1 is 1.35 bits per heavy atom. The number of aryl methyl sites for hydroxylation is 1. The fourth-order valence-corrected chi connectivity index (χ4v) is 1.45. The van der Waals surface area contributed by atoms with E-state index in [1.165, 1.54) is 18.3 Å². The normalized spacial score (nSPS) is 10.3. The lowest BCUT2D eigenvalue weighted by atomic mass is 10.2. The van der Waals surface area contributed by atoms with Gasteiger partial charge in [-0.05, 0) is 30.7 Å². The van der Waals surface area contributed by atoms with Gasteiger partial charge in [0, 0.05) is 11.8 Å². The Labute approximate surface area is 98.5 Å². The molecule has 88 valence electrons. The SMILES string of the molecule is Cc1cc(CO)cnc1Oc1ccccc1F. The van der Waals surface area contributed by atoms with Crippen molar-refractivity contribution in [2.24, 2.45) is 0 Å². The minimum atomic E-state index is -0.431. The number of pyridine rings is 1. The van der Waals surface area contributed by atoms with Crippen LogP contribution in [0.2, 0.25) is 0 Å². The van der Waals surface area contributed by atoms with Gasteiger partial charge in [0.1, 0.15) is 0 Å². The van der Waals surface area contributed by atoms with Gasteiger partial charge in [-0.25, -0.2) is 9.37 Å². The standard InChI is InChI=1S/C13H12FNO2/c1-9-6-10(8-16)7-15-13(9)17-12-5-3-2-4-11(12)14/h2-7,16H,8H2,1H3. The zero-order valence-corrected chi connectivity index (χ0v) is 9.35. The lowest BCUT2D eigenvalue weighted by Crippen LogP contribution is -1.95. The largest absolute Gasteiger partial charge is 0.436 e. The van der Waals surface area contributed by atoms with Gasteiger partial charge in [0.2, 0.25) is 5.88 Å². The van der Waals surface area contributed by atoms with Gasteiger partial charge in [0.25, 0.3) is 0 Å². The van der Waals surface area contributed by atoms with E-state index in [9.17, 15) is 4.39 Å². The monoisotopic (exact) mass is 233 g/mol. The summed E-state index contributed by atoms with van der Waals surface area (Å²) in [5, 5.41) is 8.95. The summed E-state index contributed by atoms with van der Waals surface area (Å²) in [6.45, 7) is 1.72. The van der Waals surface area contributed by atoms with Crippen LogP contribution >= 0.6 is 0 Å². The minimum Gasteiger partial charge on any atom is -0.436 e. The molecule has 0 amide bonds. The smallest absolute Gasteiger partial charge is 0.222 e. The number of hydrogen-bond acceptors (Lipinski definition) is 3. The second kappa shape index (κ2) is 4.93. The Morgan fingerprint density at radius 3 is 2.76 bits per heavy atom. The maximum absolute atomic E-state index is 13.4. The molecule has 4 heteroatoms. The van der Waals surface area contributed by atoms with Crippen LogP contribution in [0.25, 0.3) is 0 Å². The van der Waals surface area contributed by atoms with Crippen LogP contribution in [0.4, 0.5) is 4.39 Å². The predicted octanol–water partition coefficient (Wildman–Crippen LogP) is 2.81. The van der Waals surface area contributed by atoms with Crippen LogP contribution in [0.3, 0.4) is 0 Å². The van der Waals surface area contributed by atoms with Gasteiger partial charge < -0.3 is 9.84 Å². The molecule has 0 atom stereocenters. The van der Waals surface area contributed by atoms with Crippen molar-refractivity contribution in [3.63, 3.8) is 0 Å². The van der Waals surface area contributed by atoms with Gasteiger partial charge >= 0.3 is 0 Å². The molecule has 0 spiro atoms. The molecule has 17 heavy (non-hydrogen) atoms. The number of benzene rings is 1. The van der Waals surface area contributed by atoms with Crippen LogP contribution < -0.4 is 4.74 Å². The molecule has 1 aromatic heterocycles. The lowest BCUT2D eigenvalue weighted by Gasteiger charge is -2.08. The van der Waals surface area contributed by atoms with E-state index in [-0.39, 0.29) is 12.4 Å². The Hall–Kier alpha value is -1.94. The topological polar surface area (TPSA) is 42.4 Å². The fourth-order valence-electron chi connectivity index (χ4n) is 1.45. The third-order valence-corrected chi connectivity index (χ3v) is 2.31. The number of ether oxygens (including phenoxy) is 1. The molecule has 1 N–H and O–H groups in total. The molecule has 0 unspecified atom stereocenters. The highest BCUT2D eigenvalue weighted by molar-refractivity contribution is 5.34. The molecule has 2 rings (SSSR count). The summed E-state index contributed by atoms with van der Waals surface area (Å²) < 4.78 is 18.7. The van der Waals surface area contributed by atoms with Crippen molar-refractivity contribution >= 4 is 0 Å². The summed E-state index contributed by atoms with van der Waals surface area (Å²) in [6, 6.07) is 7.90. The van der Waals surface area contributed by atoms with Gasteiger partial charge in [-0.15, -0.1) is 0 Å². The van der Waals surface area contributed by atoms with Crippen LogP contribution in [-0.2, 0) is 6.61 Å². The zero-order valence-electron chi connectivity index (χ0n) is 9.35. The summed E-state index contributed by atoms with van der Waals surface area (Å²) in [6.07, 6.45) is 1.50. The van der Waals surface area contributed by atoms with Gasteiger partial charge in [-0.3, -0.25) is 0 Å². The zero-order chi connectivity index (χ0) is 12.3.